The molecule has 1 unspecified atom stereocenters. The molecule has 3 N–H and O–H groups in total. The predicted molar refractivity (Wildman–Crippen MR) is 43.3 cm³/mol. The van der Waals surface area contributed by atoms with Crippen LogP contribution in [-0.2, 0) is 4.79 Å². The maximum atomic E-state index is 10.1. The zero-order valence-corrected chi connectivity index (χ0v) is 6.68. The van der Waals surface area contributed by atoms with Gasteiger partial charge < -0.3 is 10.8 Å². The van der Waals surface area contributed by atoms with E-state index < -0.39 is 12.0 Å². The van der Waals surface area contributed by atoms with E-state index in [2.05, 4.69) is 12.6 Å². The highest BCUT2D eigenvalue weighted by atomic mass is 32.1. The van der Waals surface area contributed by atoms with Crippen LogP contribution in [0.2, 0.25) is 0 Å². The number of carbonyl (C=O) groups is 1. The van der Waals surface area contributed by atoms with Gasteiger partial charge in [-0.2, -0.15) is 12.6 Å². The van der Waals surface area contributed by atoms with Gasteiger partial charge in [0, 0.05) is 0 Å². The molecule has 0 aromatic heterocycles. The molecule has 0 aliphatic heterocycles. The van der Waals surface area contributed by atoms with Crippen LogP contribution in [0.1, 0.15) is 19.3 Å². The molecule has 60 valence electrons. The summed E-state index contributed by atoms with van der Waals surface area (Å²) in [5.74, 6) is -0.119. The lowest BCUT2D eigenvalue weighted by molar-refractivity contribution is -0.138. The molecule has 0 radical (unpaired) electrons. The summed E-state index contributed by atoms with van der Waals surface area (Å²) in [5.41, 5.74) is 5.23. The Bertz CT molecular complexity index is 108. The molecule has 0 saturated carbocycles. The van der Waals surface area contributed by atoms with Crippen molar-refractivity contribution < 1.29 is 9.90 Å². The Morgan fingerprint density at radius 1 is 1.60 bits per heavy atom. The molecule has 10 heavy (non-hydrogen) atoms. The van der Waals surface area contributed by atoms with Gasteiger partial charge in [0.15, 0.2) is 0 Å². The van der Waals surface area contributed by atoms with Crippen molar-refractivity contribution in [2.75, 3.05) is 5.75 Å². The van der Waals surface area contributed by atoms with Crippen LogP contribution in [0.15, 0.2) is 0 Å². The first-order chi connectivity index (χ1) is 4.68. The summed E-state index contributed by atoms with van der Waals surface area (Å²) in [4.78, 5) is 10.1. The van der Waals surface area contributed by atoms with E-state index in [1.165, 1.54) is 0 Å². The second kappa shape index (κ2) is 5.56. The van der Waals surface area contributed by atoms with E-state index in [1.807, 2.05) is 0 Å². The fraction of sp³-hybridized carbons (Fsp3) is 0.833. The molecule has 0 amide bonds. The topological polar surface area (TPSA) is 63.3 Å². The van der Waals surface area contributed by atoms with E-state index in [9.17, 15) is 4.79 Å². The molecule has 0 aliphatic carbocycles. The molecule has 0 heterocycles. The molecule has 4 heteroatoms. The van der Waals surface area contributed by atoms with Gasteiger partial charge in [-0.05, 0) is 18.6 Å². The number of hydrogen-bond acceptors (Lipinski definition) is 3. The summed E-state index contributed by atoms with van der Waals surface area (Å²) < 4.78 is 0. The average molecular weight is 163 g/mol. The van der Waals surface area contributed by atoms with Gasteiger partial charge in [-0.15, -0.1) is 0 Å². The maximum absolute atomic E-state index is 10.1. The molecule has 0 spiro atoms. The minimum atomic E-state index is -0.917. The molecule has 0 bridgehead atoms. The van der Waals surface area contributed by atoms with Crippen molar-refractivity contribution in [1.82, 2.24) is 0 Å². The number of unbranched alkanes of at least 4 members (excludes halogenated alkanes) is 1. The Morgan fingerprint density at radius 2 is 2.20 bits per heavy atom. The standard InChI is InChI=1S/C6H13NO2S/c7-5(6(8)9)3-1-2-4-10/h5,10H,1-4,7H2,(H,8,9). The second-order valence-electron chi connectivity index (χ2n) is 2.16. The molecule has 3 nitrogen and oxygen atoms in total. The number of carboxylic acid groups (broad SMARTS) is 1. The maximum Gasteiger partial charge on any atom is 0.320 e. The summed E-state index contributed by atoms with van der Waals surface area (Å²) in [5, 5.41) is 8.34. The Kier molecular flexibility index (Phi) is 5.43. The third-order valence-electron chi connectivity index (χ3n) is 1.24. The van der Waals surface area contributed by atoms with Crippen molar-refractivity contribution >= 4 is 18.6 Å². The fourth-order valence-corrected chi connectivity index (χ4v) is 0.823. The summed E-state index contributed by atoms with van der Waals surface area (Å²) in [6.45, 7) is 0. The molecule has 1 atom stereocenters. The summed E-state index contributed by atoms with van der Waals surface area (Å²) in [6.07, 6.45) is 2.33. The van der Waals surface area contributed by atoms with Crippen LogP contribution in [0.25, 0.3) is 0 Å². The lowest BCUT2D eigenvalue weighted by Crippen LogP contribution is -2.29. The highest BCUT2D eigenvalue weighted by Crippen LogP contribution is 1.99. The van der Waals surface area contributed by atoms with Gasteiger partial charge in [-0.3, -0.25) is 4.79 Å². The Balaban J connectivity index is 3.21. The molecule has 0 aromatic rings. The van der Waals surface area contributed by atoms with E-state index in [-0.39, 0.29) is 0 Å². The smallest absolute Gasteiger partial charge is 0.320 e. The first-order valence-corrected chi connectivity index (χ1v) is 3.91. The van der Waals surface area contributed by atoms with Crippen LogP contribution in [0.3, 0.4) is 0 Å². The number of thiol groups is 1. The van der Waals surface area contributed by atoms with Gasteiger partial charge in [-0.25, -0.2) is 0 Å². The SMILES string of the molecule is NC(CCCCS)C(=O)O. The van der Waals surface area contributed by atoms with Crippen molar-refractivity contribution in [2.45, 2.75) is 25.3 Å². The largest absolute Gasteiger partial charge is 0.480 e. The van der Waals surface area contributed by atoms with Crippen LogP contribution in [0, 0.1) is 0 Å². The Labute approximate surface area is 66.0 Å². The van der Waals surface area contributed by atoms with Crippen molar-refractivity contribution in [3.8, 4) is 0 Å². The lowest BCUT2D eigenvalue weighted by atomic mass is 10.1. The van der Waals surface area contributed by atoms with Gasteiger partial charge in [-0.1, -0.05) is 6.42 Å². The van der Waals surface area contributed by atoms with E-state index >= 15 is 0 Å². The zero-order chi connectivity index (χ0) is 7.98. The third-order valence-corrected chi connectivity index (χ3v) is 1.56. The van der Waals surface area contributed by atoms with Gasteiger partial charge in [0.1, 0.15) is 6.04 Å². The van der Waals surface area contributed by atoms with Crippen LogP contribution in [-0.4, -0.2) is 22.9 Å². The highest BCUT2D eigenvalue weighted by molar-refractivity contribution is 7.80. The summed E-state index contributed by atoms with van der Waals surface area (Å²) in [6, 6.07) is -0.695. The molecular formula is C6H13NO2S. The van der Waals surface area contributed by atoms with Crippen molar-refractivity contribution in [1.29, 1.82) is 0 Å². The molecule has 0 aromatic carbocycles. The molecule has 0 rings (SSSR count). The Morgan fingerprint density at radius 3 is 2.60 bits per heavy atom. The highest BCUT2D eigenvalue weighted by Gasteiger charge is 2.09. The molecule has 0 fully saturated rings. The van der Waals surface area contributed by atoms with E-state index in [0.717, 1.165) is 18.6 Å². The van der Waals surface area contributed by atoms with Crippen LogP contribution in [0.5, 0.6) is 0 Å². The third kappa shape index (κ3) is 4.64. The number of carboxylic acids is 1. The van der Waals surface area contributed by atoms with E-state index in [1.54, 1.807) is 0 Å². The van der Waals surface area contributed by atoms with Gasteiger partial charge in [0.05, 0.1) is 0 Å². The fourth-order valence-electron chi connectivity index (χ4n) is 0.600. The number of rotatable bonds is 5. The summed E-state index contributed by atoms with van der Waals surface area (Å²) >= 11 is 3.99. The normalized spacial score (nSPS) is 13.0. The van der Waals surface area contributed by atoms with Gasteiger partial charge in [0.25, 0.3) is 0 Å². The quantitative estimate of drug-likeness (QED) is 0.408. The van der Waals surface area contributed by atoms with Crippen molar-refractivity contribution in [3.63, 3.8) is 0 Å². The second-order valence-corrected chi connectivity index (χ2v) is 2.61. The number of hydrogen-bond donors (Lipinski definition) is 3. The van der Waals surface area contributed by atoms with Crippen LogP contribution >= 0.6 is 12.6 Å². The monoisotopic (exact) mass is 163 g/mol. The van der Waals surface area contributed by atoms with Crippen LogP contribution < -0.4 is 5.73 Å². The van der Waals surface area contributed by atoms with Crippen molar-refractivity contribution in [3.05, 3.63) is 0 Å². The number of nitrogens with two attached hydrogens (primary N) is 1. The van der Waals surface area contributed by atoms with E-state index in [0.29, 0.717) is 6.42 Å². The Hall–Kier alpha value is -0.220. The van der Waals surface area contributed by atoms with Gasteiger partial charge >= 0.3 is 5.97 Å². The number of aliphatic carboxylic acids is 1. The lowest BCUT2D eigenvalue weighted by Gasteiger charge is -2.03. The zero-order valence-electron chi connectivity index (χ0n) is 5.79. The molecule has 0 aliphatic rings. The summed E-state index contributed by atoms with van der Waals surface area (Å²) in [7, 11) is 0. The molecular weight excluding hydrogens is 150 g/mol. The minimum absolute atomic E-state index is 0.551. The first kappa shape index (κ1) is 9.78. The van der Waals surface area contributed by atoms with Crippen molar-refractivity contribution in [2.24, 2.45) is 5.73 Å². The molecule has 0 saturated heterocycles. The van der Waals surface area contributed by atoms with E-state index in [4.69, 9.17) is 10.8 Å². The average Bonchev–Trinajstić information content (AvgIpc) is 1.88. The minimum Gasteiger partial charge on any atom is -0.480 e. The van der Waals surface area contributed by atoms with Gasteiger partial charge in [0.2, 0.25) is 0 Å². The first-order valence-electron chi connectivity index (χ1n) is 3.27. The predicted octanol–water partition coefficient (Wildman–Crippen LogP) is 0.498. The van der Waals surface area contributed by atoms with Crippen LogP contribution in [0.4, 0.5) is 0 Å².